The number of rotatable bonds is 6. The van der Waals surface area contributed by atoms with Gasteiger partial charge in [-0.1, -0.05) is 127 Å². The van der Waals surface area contributed by atoms with Gasteiger partial charge >= 0.3 is 0 Å². The summed E-state index contributed by atoms with van der Waals surface area (Å²) in [5.74, 6) is 0. The number of nitrogens with zero attached hydrogens (tertiary/aromatic N) is 2. The first-order chi connectivity index (χ1) is 26.6. The predicted molar refractivity (Wildman–Crippen MR) is 233 cm³/mol. The minimum atomic E-state index is 1.12. The standard InChI is InChI=1S/C52H38N2/c1-35-29-47-49-34-51(53(41-19-5-3-6-20-41)43-27-25-37-15-9-11-17-39(37)31-43)46-24-14-13-23-45(46)48(49)33-52(50(47)30-36(35)2)54(42-21-7-4-8-22-42)44-28-26-38-16-10-12-18-40(38)32-44/h3-34H,1-2H3. The number of anilines is 6. The second-order valence-corrected chi connectivity index (χ2v) is 14.3. The van der Waals surface area contributed by atoms with E-state index in [1.165, 1.54) is 65.0 Å². The van der Waals surface area contributed by atoms with Crippen LogP contribution in [0.2, 0.25) is 0 Å². The Kier molecular flexibility index (Phi) is 7.63. The van der Waals surface area contributed by atoms with Crippen LogP contribution in [0.25, 0.3) is 53.9 Å². The first-order valence-electron chi connectivity index (χ1n) is 18.7. The highest BCUT2D eigenvalue weighted by Gasteiger charge is 2.23. The maximum absolute atomic E-state index is 2.44. The minimum absolute atomic E-state index is 1.12. The Hall–Kier alpha value is -6.90. The van der Waals surface area contributed by atoms with Crippen LogP contribution < -0.4 is 9.80 Å². The fraction of sp³-hybridized carbons (Fsp3) is 0.0385. The largest absolute Gasteiger partial charge is 0.310 e. The molecule has 0 heterocycles. The number of aryl methyl sites for hydroxylation is 2. The summed E-state index contributed by atoms with van der Waals surface area (Å²) >= 11 is 0. The third-order valence-corrected chi connectivity index (χ3v) is 11.0. The molecule has 10 aromatic carbocycles. The van der Waals surface area contributed by atoms with Gasteiger partial charge in [-0.05, 0) is 135 Å². The van der Waals surface area contributed by atoms with Crippen molar-refractivity contribution in [3.05, 3.63) is 205 Å². The van der Waals surface area contributed by atoms with E-state index >= 15 is 0 Å². The normalized spacial score (nSPS) is 11.5. The van der Waals surface area contributed by atoms with Crippen molar-refractivity contribution in [2.24, 2.45) is 0 Å². The molecule has 0 aromatic heterocycles. The maximum Gasteiger partial charge on any atom is 0.0546 e. The van der Waals surface area contributed by atoms with Crippen LogP contribution in [0.3, 0.4) is 0 Å². The van der Waals surface area contributed by atoms with Crippen LogP contribution in [0.5, 0.6) is 0 Å². The first-order valence-corrected chi connectivity index (χ1v) is 18.7. The number of hydrogen-bond acceptors (Lipinski definition) is 2. The molecule has 0 aliphatic heterocycles. The predicted octanol–water partition coefficient (Wildman–Crippen LogP) is 15.0. The van der Waals surface area contributed by atoms with Gasteiger partial charge in [0.1, 0.15) is 0 Å². The van der Waals surface area contributed by atoms with E-state index in [0.29, 0.717) is 0 Å². The molecule has 256 valence electrons. The number of fused-ring (bicyclic) bond motifs is 7. The molecule has 0 aliphatic rings. The van der Waals surface area contributed by atoms with E-state index in [2.05, 4.69) is 218 Å². The van der Waals surface area contributed by atoms with E-state index in [1.54, 1.807) is 0 Å². The van der Waals surface area contributed by atoms with Crippen molar-refractivity contribution in [1.82, 2.24) is 0 Å². The molecule has 0 radical (unpaired) electrons. The van der Waals surface area contributed by atoms with Gasteiger partial charge in [0, 0.05) is 33.5 Å². The molecule has 0 saturated heterocycles. The van der Waals surface area contributed by atoms with Gasteiger partial charge in [-0.2, -0.15) is 0 Å². The molecule has 10 aromatic rings. The van der Waals surface area contributed by atoms with Crippen LogP contribution in [0.1, 0.15) is 11.1 Å². The summed E-state index contributed by atoms with van der Waals surface area (Å²) in [6.45, 7) is 4.47. The van der Waals surface area contributed by atoms with Crippen molar-refractivity contribution in [2.45, 2.75) is 13.8 Å². The molecular formula is C52H38N2. The van der Waals surface area contributed by atoms with E-state index in [-0.39, 0.29) is 0 Å². The van der Waals surface area contributed by atoms with E-state index in [9.17, 15) is 0 Å². The van der Waals surface area contributed by atoms with Gasteiger partial charge in [-0.15, -0.1) is 0 Å². The molecule has 54 heavy (non-hydrogen) atoms. The monoisotopic (exact) mass is 690 g/mol. The Labute approximate surface area is 315 Å². The summed E-state index contributed by atoms with van der Waals surface area (Å²) in [6, 6.07) is 71.0. The molecule has 2 nitrogen and oxygen atoms in total. The quantitative estimate of drug-likeness (QED) is 0.160. The fourth-order valence-corrected chi connectivity index (χ4v) is 8.23. The Balaban J connectivity index is 1.31. The van der Waals surface area contributed by atoms with Crippen molar-refractivity contribution < 1.29 is 0 Å². The second kappa shape index (κ2) is 12.9. The topological polar surface area (TPSA) is 6.48 Å². The fourth-order valence-electron chi connectivity index (χ4n) is 8.23. The smallest absolute Gasteiger partial charge is 0.0546 e. The van der Waals surface area contributed by atoms with Gasteiger partial charge in [-0.3, -0.25) is 0 Å². The minimum Gasteiger partial charge on any atom is -0.310 e. The molecule has 0 unspecified atom stereocenters. The summed E-state index contributed by atoms with van der Waals surface area (Å²) in [6.07, 6.45) is 0. The summed E-state index contributed by atoms with van der Waals surface area (Å²) in [5.41, 5.74) is 9.38. The van der Waals surface area contributed by atoms with E-state index in [4.69, 9.17) is 0 Å². The van der Waals surface area contributed by atoms with Gasteiger partial charge < -0.3 is 9.80 Å². The third-order valence-electron chi connectivity index (χ3n) is 11.0. The van der Waals surface area contributed by atoms with E-state index in [0.717, 1.165) is 34.1 Å². The molecule has 2 heteroatoms. The van der Waals surface area contributed by atoms with Crippen LogP contribution >= 0.6 is 0 Å². The van der Waals surface area contributed by atoms with Crippen LogP contribution in [-0.2, 0) is 0 Å². The molecular weight excluding hydrogens is 653 g/mol. The molecule has 0 atom stereocenters. The molecule has 10 rings (SSSR count). The van der Waals surface area contributed by atoms with Crippen LogP contribution in [-0.4, -0.2) is 0 Å². The highest BCUT2D eigenvalue weighted by Crippen LogP contribution is 2.48. The van der Waals surface area contributed by atoms with Crippen LogP contribution in [0, 0.1) is 13.8 Å². The van der Waals surface area contributed by atoms with E-state index in [1.807, 2.05) is 0 Å². The van der Waals surface area contributed by atoms with Crippen molar-refractivity contribution in [3.63, 3.8) is 0 Å². The Morgan fingerprint density at radius 1 is 0.259 bits per heavy atom. The summed E-state index contributed by atoms with van der Waals surface area (Å²) in [5, 5.41) is 12.3. The highest BCUT2D eigenvalue weighted by molar-refractivity contribution is 6.25. The summed E-state index contributed by atoms with van der Waals surface area (Å²) in [4.78, 5) is 4.87. The first kappa shape index (κ1) is 31.8. The summed E-state index contributed by atoms with van der Waals surface area (Å²) < 4.78 is 0. The Morgan fingerprint density at radius 2 is 0.648 bits per heavy atom. The average molecular weight is 691 g/mol. The zero-order valence-electron chi connectivity index (χ0n) is 30.4. The van der Waals surface area contributed by atoms with Gasteiger partial charge in [0.2, 0.25) is 0 Å². The zero-order valence-corrected chi connectivity index (χ0v) is 30.4. The number of para-hydroxylation sites is 2. The summed E-state index contributed by atoms with van der Waals surface area (Å²) in [7, 11) is 0. The van der Waals surface area contributed by atoms with Crippen molar-refractivity contribution in [3.8, 4) is 0 Å². The van der Waals surface area contributed by atoms with Crippen molar-refractivity contribution >= 4 is 88.0 Å². The molecule has 0 amide bonds. The lowest BCUT2D eigenvalue weighted by Crippen LogP contribution is -2.12. The number of hydrogen-bond donors (Lipinski definition) is 0. The molecule has 0 fully saturated rings. The Bertz CT molecular complexity index is 3020. The Morgan fingerprint density at radius 3 is 1.19 bits per heavy atom. The van der Waals surface area contributed by atoms with Gasteiger partial charge in [0.15, 0.2) is 0 Å². The molecule has 0 spiro atoms. The average Bonchev–Trinajstić information content (AvgIpc) is 3.22. The van der Waals surface area contributed by atoms with Gasteiger partial charge in [-0.25, -0.2) is 0 Å². The molecule has 0 aliphatic carbocycles. The zero-order chi connectivity index (χ0) is 36.2. The molecule has 0 saturated carbocycles. The van der Waals surface area contributed by atoms with Gasteiger partial charge in [0.25, 0.3) is 0 Å². The second-order valence-electron chi connectivity index (χ2n) is 14.3. The van der Waals surface area contributed by atoms with E-state index < -0.39 is 0 Å². The number of benzene rings is 10. The lowest BCUT2D eigenvalue weighted by atomic mass is 9.91. The third kappa shape index (κ3) is 5.35. The SMILES string of the molecule is Cc1cc2c(N(c3ccccc3)c3ccc4ccccc4c3)cc3c4ccccc4c(N(c4ccccc4)c4ccc5ccccc5c4)cc3c2cc1C. The van der Waals surface area contributed by atoms with Gasteiger partial charge in [0.05, 0.1) is 11.4 Å². The lowest BCUT2D eigenvalue weighted by molar-refractivity contribution is 1.30. The lowest BCUT2D eigenvalue weighted by Gasteiger charge is -2.30. The van der Waals surface area contributed by atoms with Crippen LogP contribution in [0.4, 0.5) is 34.1 Å². The molecule has 0 N–H and O–H groups in total. The van der Waals surface area contributed by atoms with Crippen molar-refractivity contribution in [1.29, 1.82) is 0 Å². The highest BCUT2D eigenvalue weighted by atomic mass is 15.1. The molecule has 0 bridgehead atoms. The van der Waals surface area contributed by atoms with Crippen molar-refractivity contribution in [2.75, 3.05) is 9.80 Å². The van der Waals surface area contributed by atoms with Crippen LogP contribution in [0.15, 0.2) is 194 Å². The maximum atomic E-state index is 2.44.